The van der Waals surface area contributed by atoms with Crippen molar-refractivity contribution in [2.75, 3.05) is 0 Å². The van der Waals surface area contributed by atoms with E-state index in [2.05, 4.69) is 16.2 Å². The number of fused-ring (bicyclic) bond motifs is 1. The maximum absolute atomic E-state index is 12.0. The first-order valence-corrected chi connectivity index (χ1v) is 7.48. The molecular formula is C17H17N5O2. The average Bonchev–Trinajstić information content (AvgIpc) is 3.13. The van der Waals surface area contributed by atoms with E-state index >= 15 is 0 Å². The number of benzene rings is 1. The predicted octanol–water partition coefficient (Wildman–Crippen LogP) is 2.44. The fourth-order valence-electron chi connectivity index (χ4n) is 2.44. The number of nitrogens with zero attached hydrogens (tertiary/aromatic N) is 5. The van der Waals surface area contributed by atoms with Gasteiger partial charge >= 0.3 is 5.97 Å². The summed E-state index contributed by atoms with van der Waals surface area (Å²) in [7, 11) is 0. The van der Waals surface area contributed by atoms with Crippen molar-refractivity contribution in [2.24, 2.45) is 0 Å². The molecule has 0 spiro atoms. The molecule has 0 fully saturated rings. The number of imidazole rings is 1. The van der Waals surface area contributed by atoms with Gasteiger partial charge in [-0.1, -0.05) is 0 Å². The van der Waals surface area contributed by atoms with Gasteiger partial charge in [0, 0.05) is 23.5 Å². The third-order valence-corrected chi connectivity index (χ3v) is 3.34. The summed E-state index contributed by atoms with van der Waals surface area (Å²) in [4.78, 5) is 16.1. The number of hydrogen-bond acceptors (Lipinski definition) is 5. The molecule has 0 saturated heterocycles. The topological polar surface area (TPSA) is 85.7 Å². The van der Waals surface area contributed by atoms with Gasteiger partial charge in [-0.15, -0.1) is 0 Å². The number of ether oxygens (including phenoxy) is 1. The summed E-state index contributed by atoms with van der Waals surface area (Å²) >= 11 is 0. The van der Waals surface area contributed by atoms with Crippen LogP contribution in [0.3, 0.4) is 0 Å². The highest BCUT2D eigenvalue weighted by Gasteiger charge is 2.19. The molecule has 7 heteroatoms. The Kier molecular flexibility index (Phi) is 3.81. The van der Waals surface area contributed by atoms with Crippen LogP contribution in [0.2, 0.25) is 0 Å². The minimum atomic E-state index is -0.563. The van der Waals surface area contributed by atoms with Gasteiger partial charge in [-0.05, 0) is 39.0 Å². The molecule has 0 atom stereocenters. The summed E-state index contributed by atoms with van der Waals surface area (Å²) in [6.45, 7) is 5.39. The van der Waals surface area contributed by atoms with Crippen molar-refractivity contribution in [2.45, 2.75) is 32.9 Å². The molecule has 0 saturated carbocycles. The summed E-state index contributed by atoms with van der Waals surface area (Å²) < 4.78 is 8.66. The van der Waals surface area contributed by atoms with Crippen molar-refractivity contribution in [1.29, 1.82) is 5.26 Å². The summed E-state index contributed by atoms with van der Waals surface area (Å²) in [6, 6.07) is 7.65. The van der Waals surface area contributed by atoms with Gasteiger partial charge < -0.3 is 9.30 Å². The summed E-state index contributed by atoms with van der Waals surface area (Å²) in [5.41, 5.74) is 1.29. The molecular weight excluding hydrogens is 306 g/mol. The van der Waals surface area contributed by atoms with E-state index in [1.165, 1.54) is 4.68 Å². The first-order valence-electron chi connectivity index (χ1n) is 7.48. The van der Waals surface area contributed by atoms with Crippen LogP contribution in [-0.4, -0.2) is 30.9 Å². The second-order valence-corrected chi connectivity index (χ2v) is 6.38. The van der Waals surface area contributed by atoms with Crippen molar-refractivity contribution in [3.63, 3.8) is 0 Å². The minimum Gasteiger partial charge on any atom is -0.459 e. The second kappa shape index (κ2) is 5.81. The second-order valence-electron chi connectivity index (χ2n) is 6.38. The predicted molar refractivity (Wildman–Crippen MR) is 87.4 cm³/mol. The minimum absolute atomic E-state index is 0.0418. The van der Waals surface area contributed by atoms with Gasteiger partial charge in [-0.25, -0.2) is 4.98 Å². The van der Waals surface area contributed by atoms with Crippen LogP contribution in [0.5, 0.6) is 0 Å². The first-order chi connectivity index (χ1) is 11.4. The first kappa shape index (κ1) is 15.7. The quantitative estimate of drug-likeness (QED) is 0.691. The number of nitriles is 1. The normalized spacial score (nSPS) is 11.4. The highest BCUT2D eigenvalue weighted by atomic mass is 16.6. The number of rotatable bonds is 3. The zero-order valence-electron chi connectivity index (χ0n) is 13.7. The molecule has 0 aliphatic heterocycles. The molecule has 2 heterocycles. The molecule has 0 radical (unpaired) electrons. The lowest BCUT2D eigenvalue weighted by atomic mass is 10.2. The molecule has 0 amide bonds. The zero-order valence-corrected chi connectivity index (χ0v) is 13.7. The van der Waals surface area contributed by atoms with Crippen LogP contribution in [0.25, 0.3) is 16.6 Å². The van der Waals surface area contributed by atoms with E-state index in [1.54, 1.807) is 12.5 Å². The molecule has 2 aromatic heterocycles. The van der Waals surface area contributed by atoms with Crippen molar-refractivity contribution in [3.8, 4) is 11.8 Å². The van der Waals surface area contributed by atoms with Crippen LogP contribution in [0.15, 0.2) is 36.9 Å². The molecule has 0 N–H and O–H groups in total. The highest BCUT2D eigenvalue weighted by Crippen LogP contribution is 2.22. The maximum Gasteiger partial charge on any atom is 0.328 e. The molecule has 0 bridgehead atoms. The van der Waals surface area contributed by atoms with Gasteiger partial charge in [0.15, 0.2) is 5.69 Å². The Morgan fingerprint density at radius 1 is 1.38 bits per heavy atom. The highest BCUT2D eigenvalue weighted by molar-refractivity contribution is 5.87. The Bertz CT molecular complexity index is 926. The fraction of sp³-hybridized carbons (Fsp3) is 0.294. The number of carbonyl (C=O) groups is 1. The van der Waals surface area contributed by atoms with Crippen molar-refractivity contribution < 1.29 is 9.53 Å². The monoisotopic (exact) mass is 323 g/mol. The van der Waals surface area contributed by atoms with Crippen LogP contribution in [0.4, 0.5) is 0 Å². The third-order valence-electron chi connectivity index (χ3n) is 3.34. The van der Waals surface area contributed by atoms with E-state index in [0.717, 1.165) is 5.69 Å². The van der Waals surface area contributed by atoms with E-state index < -0.39 is 11.6 Å². The summed E-state index contributed by atoms with van der Waals surface area (Å²) in [6.07, 6.45) is 5.18. The van der Waals surface area contributed by atoms with E-state index in [9.17, 15) is 10.1 Å². The molecule has 3 aromatic rings. The molecule has 1 aromatic carbocycles. The van der Waals surface area contributed by atoms with Gasteiger partial charge in [0.2, 0.25) is 0 Å². The number of aromatic nitrogens is 4. The van der Waals surface area contributed by atoms with E-state index in [1.807, 2.05) is 49.7 Å². The Labute approximate surface area is 139 Å². The maximum atomic E-state index is 12.0. The van der Waals surface area contributed by atoms with Crippen LogP contribution in [0, 0.1) is 11.3 Å². The number of esters is 1. The average molecular weight is 323 g/mol. The number of hydrogen-bond donors (Lipinski definition) is 0. The third kappa shape index (κ3) is 3.13. The molecule has 0 aliphatic carbocycles. The lowest BCUT2D eigenvalue weighted by Gasteiger charge is -2.19. The van der Waals surface area contributed by atoms with Crippen molar-refractivity contribution in [3.05, 3.63) is 42.6 Å². The van der Waals surface area contributed by atoms with Crippen LogP contribution < -0.4 is 0 Å². The van der Waals surface area contributed by atoms with Gasteiger partial charge in [-0.2, -0.15) is 10.4 Å². The number of carbonyl (C=O) groups excluding carboxylic acids is 1. The van der Waals surface area contributed by atoms with Gasteiger partial charge in [0.05, 0.1) is 11.8 Å². The van der Waals surface area contributed by atoms with Crippen LogP contribution >= 0.6 is 0 Å². The lowest BCUT2D eigenvalue weighted by Crippen LogP contribution is -2.26. The Hall–Kier alpha value is -3.14. The Balaban J connectivity index is 1.99. The smallest absolute Gasteiger partial charge is 0.328 e. The lowest BCUT2D eigenvalue weighted by molar-refractivity contribution is -0.155. The fourth-order valence-corrected chi connectivity index (χ4v) is 2.44. The standard InChI is InChI=1S/C17H17N5O2/c1-17(2,3)24-16(23)10-22-15-5-4-12(21-7-6-19-11-21)8-13(15)14(9-18)20-22/h4-8,11H,10H2,1-3H3. The molecule has 24 heavy (non-hydrogen) atoms. The summed E-state index contributed by atoms with van der Waals surface area (Å²) in [5, 5.41) is 14.2. The van der Waals surface area contributed by atoms with E-state index in [-0.39, 0.29) is 12.2 Å². The van der Waals surface area contributed by atoms with Crippen LogP contribution in [0.1, 0.15) is 26.5 Å². The Morgan fingerprint density at radius 2 is 2.17 bits per heavy atom. The molecule has 122 valence electrons. The van der Waals surface area contributed by atoms with Gasteiger partial charge in [-0.3, -0.25) is 9.48 Å². The molecule has 7 nitrogen and oxygen atoms in total. The van der Waals surface area contributed by atoms with E-state index in [0.29, 0.717) is 10.9 Å². The Morgan fingerprint density at radius 3 is 2.79 bits per heavy atom. The van der Waals surface area contributed by atoms with Gasteiger partial charge in [0.1, 0.15) is 18.2 Å². The molecule has 3 rings (SSSR count). The zero-order chi connectivity index (χ0) is 17.3. The molecule has 0 aliphatic rings. The van der Waals surface area contributed by atoms with Gasteiger partial charge in [0.25, 0.3) is 0 Å². The summed E-state index contributed by atoms with van der Waals surface area (Å²) in [5.74, 6) is -0.393. The SMILES string of the molecule is CC(C)(C)OC(=O)Cn1nc(C#N)c2cc(-n3ccnc3)ccc21. The molecule has 0 unspecified atom stereocenters. The largest absolute Gasteiger partial charge is 0.459 e. The van der Waals surface area contributed by atoms with E-state index in [4.69, 9.17) is 4.74 Å². The van der Waals surface area contributed by atoms with Crippen molar-refractivity contribution >= 4 is 16.9 Å². The van der Waals surface area contributed by atoms with Crippen LogP contribution in [-0.2, 0) is 16.1 Å². The van der Waals surface area contributed by atoms with Crippen molar-refractivity contribution in [1.82, 2.24) is 19.3 Å².